The van der Waals surface area contributed by atoms with Gasteiger partial charge >= 0.3 is 12.1 Å². The average Bonchev–Trinajstić information content (AvgIpc) is 3.16. The number of hydrogen-bond donors (Lipinski definition) is 3. The molecule has 1 aliphatic carbocycles. The number of anilines is 1. The molecule has 3 N–H and O–H groups in total. The minimum absolute atomic E-state index is 0.0755. The zero-order valence-corrected chi connectivity index (χ0v) is 19.0. The van der Waals surface area contributed by atoms with Crippen molar-refractivity contribution in [1.29, 1.82) is 0 Å². The van der Waals surface area contributed by atoms with Crippen LogP contribution >= 0.6 is 0 Å². The van der Waals surface area contributed by atoms with Crippen LogP contribution in [0.2, 0.25) is 0 Å². The van der Waals surface area contributed by atoms with E-state index in [2.05, 4.69) is 22.8 Å². The summed E-state index contributed by atoms with van der Waals surface area (Å²) in [6.45, 7) is 3.55. The van der Waals surface area contributed by atoms with Gasteiger partial charge in [-0.25, -0.2) is 9.59 Å². The van der Waals surface area contributed by atoms with Crippen molar-refractivity contribution in [2.24, 2.45) is 0 Å². The summed E-state index contributed by atoms with van der Waals surface area (Å²) in [5.74, 6) is -1.59. The number of rotatable bonds is 7. The number of carbonyl (C=O) groups is 3. The highest BCUT2D eigenvalue weighted by atomic mass is 16.5. The second-order valence-electron chi connectivity index (χ2n) is 8.20. The number of fused-ring (bicyclic) bond motifs is 3. The third-order valence-electron chi connectivity index (χ3n) is 6.18. The number of carboxylic acids is 1. The summed E-state index contributed by atoms with van der Waals surface area (Å²) >= 11 is 0. The van der Waals surface area contributed by atoms with Gasteiger partial charge in [0, 0.05) is 11.6 Å². The number of carboxylic acid groups (broad SMARTS) is 1. The molecular weight excluding hydrogens is 432 g/mol. The molecule has 4 rings (SSSR count). The molecule has 2 amide bonds. The van der Waals surface area contributed by atoms with Crippen LogP contribution in [-0.2, 0) is 9.53 Å². The number of amides is 2. The first kappa shape index (κ1) is 23.0. The molecule has 0 spiro atoms. The summed E-state index contributed by atoms with van der Waals surface area (Å²) in [6, 6.07) is 19.9. The molecule has 1 atom stereocenters. The third kappa shape index (κ3) is 4.50. The van der Waals surface area contributed by atoms with E-state index in [0.29, 0.717) is 17.7 Å². The van der Waals surface area contributed by atoms with E-state index in [9.17, 15) is 19.5 Å². The van der Waals surface area contributed by atoms with Crippen LogP contribution in [0, 0.1) is 6.92 Å². The van der Waals surface area contributed by atoms with Gasteiger partial charge in [0.15, 0.2) is 0 Å². The minimum Gasteiger partial charge on any atom is -0.478 e. The molecule has 0 saturated heterocycles. The summed E-state index contributed by atoms with van der Waals surface area (Å²) < 4.78 is 5.54. The number of carbonyl (C=O) groups excluding carboxylic acids is 2. The molecule has 7 heteroatoms. The van der Waals surface area contributed by atoms with E-state index in [0.717, 1.165) is 22.3 Å². The maximum atomic E-state index is 12.8. The molecule has 0 aromatic heterocycles. The topological polar surface area (TPSA) is 105 Å². The van der Waals surface area contributed by atoms with E-state index < -0.39 is 24.0 Å². The number of ether oxygens (including phenoxy) is 1. The zero-order valence-electron chi connectivity index (χ0n) is 19.0. The molecule has 34 heavy (non-hydrogen) atoms. The van der Waals surface area contributed by atoms with Crippen LogP contribution in [0.15, 0.2) is 66.7 Å². The van der Waals surface area contributed by atoms with Gasteiger partial charge in [-0.05, 0) is 53.3 Å². The van der Waals surface area contributed by atoms with Gasteiger partial charge in [0.25, 0.3) is 0 Å². The molecule has 0 saturated carbocycles. The van der Waals surface area contributed by atoms with Gasteiger partial charge in [0.2, 0.25) is 5.91 Å². The summed E-state index contributed by atoms with van der Waals surface area (Å²) in [5, 5.41) is 14.6. The summed E-state index contributed by atoms with van der Waals surface area (Å²) in [6.07, 6.45) is -0.340. The van der Waals surface area contributed by atoms with Gasteiger partial charge in [-0.2, -0.15) is 0 Å². The van der Waals surface area contributed by atoms with Crippen molar-refractivity contribution in [3.63, 3.8) is 0 Å². The first-order chi connectivity index (χ1) is 16.4. The van der Waals surface area contributed by atoms with Crippen molar-refractivity contribution in [3.05, 3.63) is 89.0 Å². The molecule has 0 unspecified atom stereocenters. The van der Waals surface area contributed by atoms with Gasteiger partial charge in [-0.15, -0.1) is 0 Å². The maximum Gasteiger partial charge on any atom is 0.407 e. The highest BCUT2D eigenvalue weighted by Crippen LogP contribution is 2.44. The van der Waals surface area contributed by atoms with Crippen LogP contribution in [0.1, 0.15) is 46.3 Å². The zero-order chi connectivity index (χ0) is 24.2. The maximum absolute atomic E-state index is 12.8. The number of nitrogens with one attached hydrogen (secondary N) is 2. The molecular formula is C27H26N2O5. The quantitative estimate of drug-likeness (QED) is 0.465. The van der Waals surface area contributed by atoms with Crippen molar-refractivity contribution in [1.82, 2.24) is 5.32 Å². The molecule has 3 aromatic rings. The number of alkyl carbamates (subject to hydrolysis) is 1. The van der Waals surface area contributed by atoms with Gasteiger partial charge in [-0.3, -0.25) is 4.79 Å². The number of benzene rings is 3. The molecule has 0 bridgehead atoms. The Bertz CT molecular complexity index is 1210. The molecule has 0 fully saturated rings. The molecule has 174 valence electrons. The molecule has 0 heterocycles. The summed E-state index contributed by atoms with van der Waals surface area (Å²) in [4.78, 5) is 36.7. The average molecular weight is 459 g/mol. The Hall–Kier alpha value is -4.13. The monoisotopic (exact) mass is 458 g/mol. The lowest BCUT2D eigenvalue weighted by atomic mass is 9.98. The smallest absolute Gasteiger partial charge is 0.407 e. The molecule has 0 radical (unpaired) electrons. The van der Waals surface area contributed by atoms with E-state index in [-0.39, 0.29) is 18.1 Å². The Morgan fingerprint density at radius 3 is 2.15 bits per heavy atom. The van der Waals surface area contributed by atoms with Gasteiger partial charge < -0.3 is 20.5 Å². The molecule has 3 aromatic carbocycles. The number of hydrogen-bond acceptors (Lipinski definition) is 4. The summed E-state index contributed by atoms with van der Waals surface area (Å²) in [5.41, 5.74) is 5.42. The highest BCUT2D eigenvalue weighted by Gasteiger charge is 2.29. The van der Waals surface area contributed by atoms with E-state index in [4.69, 9.17) is 4.74 Å². The first-order valence-electron chi connectivity index (χ1n) is 11.2. The fourth-order valence-electron chi connectivity index (χ4n) is 4.36. The van der Waals surface area contributed by atoms with Crippen molar-refractivity contribution in [2.45, 2.75) is 32.2 Å². The molecule has 1 aliphatic rings. The normalized spacial score (nSPS) is 12.9. The predicted octanol–water partition coefficient (Wildman–Crippen LogP) is 4.95. The van der Waals surface area contributed by atoms with Crippen molar-refractivity contribution in [3.8, 4) is 11.1 Å². The van der Waals surface area contributed by atoms with Crippen molar-refractivity contribution >= 4 is 23.7 Å². The van der Waals surface area contributed by atoms with Crippen LogP contribution < -0.4 is 10.6 Å². The number of aromatic carboxylic acids is 1. The van der Waals surface area contributed by atoms with Gasteiger partial charge in [-0.1, -0.05) is 61.5 Å². The lowest BCUT2D eigenvalue weighted by Gasteiger charge is -2.19. The van der Waals surface area contributed by atoms with Crippen molar-refractivity contribution < 1.29 is 24.2 Å². The third-order valence-corrected chi connectivity index (χ3v) is 6.18. The SMILES string of the molecule is CC[C@H](NC(=O)OCC1c2ccccc2-c2ccccc21)C(=O)Nc1cccc(C(=O)O)c1C. The second-order valence-corrected chi connectivity index (χ2v) is 8.20. The lowest BCUT2D eigenvalue weighted by molar-refractivity contribution is -0.118. The van der Waals surface area contributed by atoms with Crippen LogP contribution in [-0.4, -0.2) is 35.7 Å². The minimum atomic E-state index is -1.07. The van der Waals surface area contributed by atoms with Crippen LogP contribution in [0.5, 0.6) is 0 Å². The second kappa shape index (κ2) is 9.79. The van der Waals surface area contributed by atoms with Gasteiger partial charge in [0.1, 0.15) is 12.6 Å². The Morgan fingerprint density at radius 1 is 0.941 bits per heavy atom. The van der Waals surface area contributed by atoms with Crippen LogP contribution in [0.3, 0.4) is 0 Å². The fraction of sp³-hybridized carbons (Fsp3) is 0.222. The highest BCUT2D eigenvalue weighted by molar-refractivity contribution is 5.99. The molecule has 0 aliphatic heterocycles. The largest absolute Gasteiger partial charge is 0.478 e. The van der Waals surface area contributed by atoms with Crippen LogP contribution in [0.4, 0.5) is 10.5 Å². The fourth-order valence-corrected chi connectivity index (χ4v) is 4.36. The van der Waals surface area contributed by atoms with E-state index >= 15 is 0 Å². The van der Waals surface area contributed by atoms with E-state index in [1.54, 1.807) is 26.0 Å². The molecule has 7 nitrogen and oxygen atoms in total. The lowest BCUT2D eigenvalue weighted by Crippen LogP contribution is -2.44. The van der Waals surface area contributed by atoms with Crippen LogP contribution in [0.25, 0.3) is 11.1 Å². The van der Waals surface area contributed by atoms with E-state index in [1.807, 2.05) is 36.4 Å². The van der Waals surface area contributed by atoms with Gasteiger partial charge in [0.05, 0.1) is 5.56 Å². The Kier molecular flexibility index (Phi) is 6.63. The Balaban J connectivity index is 1.40. The predicted molar refractivity (Wildman–Crippen MR) is 129 cm³/mol. The van der Waals surface area contributed by atoms with E-state index in [1.165, 1.54) is 6.07 Å². The standard InChI is InChI=1S/C27H26N2O5/c1-3-23(25(30)28-24-14-8-13-17(16(24)2)26(31)32)29-27(33)34-15-22-20-11-6-4-9-18(20)19-10-5-7-12-21(19)22/h4-14,22-23H,3,15H2,1-2H3,(H,28,30)(H,29,33)(H,31,32)/t23-/m0/s1. The van der Waals surface area contributed by atoms with Crippen molar-refractivity contribution in [2.75, 3.05) is 11.9 Å². The Labute approximate surface area is 197 Å². The summed E-state index contributed by atoms with van der Waals surface area (Å²) in [7, 11) is 0. The first-order valence-corrected chi connectivity index (χ1v) is 11.2. The Morgan fingerprint density at radius 2 is 1.56 bits per heavy atom.